The van der Waals surface area contributed by atoms with Gasteiger partial charge in [0.1, 0.15) is 0 Å². The predicted molar refractivity (Wildman–Crippen MR) is 62.7 cm³/mol. The van der Waals surface area contributed by atoms with Crippen molar-refractivity contribution in [3.8, 4) is 0 Å². The molecule has 14 heavy (non-hydrogen) atoms. The van der Waals surface area contributed by atoms with Gasteiger partial charge in [-0.3, -0.25) is 4.79 Å². The van der Waals surface area contributed by atoms with Crippen LogP contribution in [0.5, 0.6) is 0 Å². The highest BCUT2D eigenvalue weighted by Gasteiger charge is 2.28. The van der Waals surface area contributed by atoms with Gasteiger partial charge in [0, 0.05) is 9.49 Å². The lowest BCUT2D eigenvalue weighted by molar-refractivity contribution is -0.143. The van der Waals surface area contributed by atoms with Gasteiger partial charge < -0.3 is 4.74 Å². The second-order valence-corrected chi connectivity index (χ2v) is 7.49. The Morgan fingerprint density at radius 1 is 1.21 bits per heavy atom. The minimum atomic E-state index is -0.103. The van der Waals surface area contributed by atoms with Crippen LogP contribution in [0.4, 0.5) is 0 Å². The molecule has 0 heterocycles. The second-order valence-electron chi connectivity index (χ2n) is 4.96. The number of esters is 1. The Balaban J connectivity index is 4.13. The average Bonchev–Trinajstić information content (AvgIpc) is 1.78. The van der Waals surface area contributed by atoms with Crippen molar-refractivity contribution in [3.63, 3.8) is 0 Å². The molecule has 2 nitrogen and oxygen atoms in total. The fourth-order valence-corrected chi connectivity index (χ4v) is 3.27. The molecule has 0 N–H and O–H groups in total. The summed E-state index contributed by atoms with van der Waals surface area (Å²) in [6, 6.07) is 0. The minimum absolute atomic E-state index is 0.0511. The molecule has 0 saturated carbocycles. The van der Waals surface area contributed by atoms with E-state index < -0.39 is 0 Å². The third-order valence-corrected chi connectivity index (χ3v) is 2.77. The molecule has 0 aromatic carbocycles. The van der Waals surface area contributed by atoms with E-state index in [1.54, 1.807) is 0 Å². The Labute approximate surface area is 91.8 Å². The zero-order chi connectivity index (χ0) is 11.4. The standard InChI is InChI=1S/C11H22O2S/c1-7-13-9(12)8-11(5,6)14-10(2,3)4/h7-8H2,1-6H3. The zero-order valence-corrected chi connectivity index (χ0v) is 11.0. The molecule has 0 spiro atoms. The Bertz CT molecular complexity index is 192. The highest BCUT2D eigenvalue weighted by Crippen LogP contribution is 2.38. The molecule has 0 aromatic heterocycles. The Morgan fingerprint density at radius 2 is 1.71 bits per heavy atom. The molecule has 0 rings (SSSR count). The highest BCUT2D eigenvalue weighted by atomic mass is 32.2. The quantitative estimate of drug-likeness (QED) is 0.678. The number of carbonyl (C=O) groups excluding carboxylic acids is 1. The minimum Gasteiger partial charge on any atom is -0.466 e. The van der Waals surface area contributed by atoms with Crippen LogP contribution < -0.4 is 0 Å². The monoisotopic (exact) mass is 218 g/mol. The third-order valence-electron chi connectivity index (χ3n) is 1.46. The van der Waals surface area contributed by atoms with Gasteiger partial charge in [0.05, 0.1) is 13.0 Å². The summed E-state index contributed by atoms with van der Waals surface area (Å²) in [5.41, 5.74) is 0. The van der Waals surface area contributed by atoms with Crippen molar-refractivity contribution in [2.24, 2.45) is 0 Å². The Kier molecular flexibility index (Phi) is 4.99. The molecule has 0 atom stereocenters. The number of ether oxygens (including phenoxy) is 1. The predicted octanol–water partition coefficient (Wildman–Crippen LogP) is 3.25. The molecule has 0 amide bonds. The second kappa shape index (κ2) is 5.06. The van der Waals surface area contributed by atoms with Crippen LogP contribution in [-0.4, -0.2) is 22.1 Å². The van der Waals surface area contributed by atoms with Gasteiger partial charge in [0.25, 0.3) is 0 Å². The Hall–Kier alpha value is -0.180. The first-order valence-corrected chi connectivity index (χ1v) is 5.84. The molecule has 3 heteroatoms. The van der Waals surface area contributed by atoms with E-state index in [0.717, 1.165) is 0 Å². The molecular weight excluding hydrogens is 196 g/mol. The van der Waals surface area contributed by atoms with Gasteiger partial charge in [-0.15, -0.1) is 11.8 Å². The summed E-state index contributed by atoms with van der Waals surface area (Å²) in [5.74, 6) is -0.103. The topological polar surface area (TPSA) is 26.3 Å². The van der Waals surface area contributed by atoms with E-state index in [-0.39, 0.29) is 15.5 Å². The van der Waals surface area contributed by atoms with Gasteiger partial charge in [0.2, 0.25) is 0 Å². The van der Waals surface area contributed by atoms with Gasteiger partial charge in [-0.2, -0.15) is 0 Å². The van der Waals surface area contributed by atoms with Crippen molar-refractivity contribution in [1.29, 1.82) is 0 Å². The highest BCUT2D eigenvalue weighted by molar-refractivity contribution is 8.01. The summed E-state index contributed by atoms with van der Waals surface area (Å²) < 4.78 is 5.07. The maximum atomic E-state index is 11.3. The summed E-state index contributed by atoms with van der Waals surface area (Å²) in [7, 11) is 0. The summed E-state index contributed by atoms with van der Waals surface area (Å²) >= 11 is 1.81. The molecule has 0 saturated heterocycles. The van der Waals surface area contributed by atoms with Crippen LogP contribution in [0.3, 0.4) is 0 Å². The maximum Gasteiger partial charge on any atom is 0.307 e. The first-order chi connectivity index (χ1) is 6.16. The SMILES string of the molecule is CCOC(=O)CC(C)(C)SC(C)(C)C. The molecule has 0 aromatic rings. The van der Waals surface area contributed by atoms with Gasteiger partial charge >= 0.3 is 5.97 Å². The molecule has 0 aliphatic heterocycles. The largest absolute Gasteiger partial charge is 0.466 e. The summed E-state index contributed by atoms with van der Waals surface area (Å²) in [6.45, 7) is 12.9. The number of thioether (sulfide) groups is 1. The number of carbonyl (C=O) groups is 1. The van der Waals surface area contributed by atoms with E-state index >= 15 is 0 Å². The van der Waals surface area contributed by atoms with Gasteiger partial charge in [-0.1, -0.05) is 34.6 Å². The molecule has 0 radical (unpaired) electrons. The van der Waals surface area contributed by atoms with Gasteiger partial charge in [0.15, 0.2) is 0 Å². The van der Waals surface area contributed by atoms with Crippen LogP contribution in [-0.2, 0) is 9.53 Å². The summed E-state index contributed by atoms with van der Waals surface area (Å²) in [5, 5.41) is 0. The summed E-state index contributed by atoms with van der Waals surface area (Å²) in [6.07, 6.45) is 0.475. The average molecular weight is 218 g/mol. The first kappa shape index (κ1) is 13.8. The molecule has 0 aliphatic carbocycles. The lowest BCUT2D eigenvalue weighted by Crippen LogP contribution is -2.27. The smallest absolute Gasteiger partial charge is 0.307 e. The van der Waals surface area contributed by atoms with Gasteiger partial charge in [-0.05, 0) is 6.92 Å². The van der Waals surface area contributed by atoms with Crippen LogP contribution in [0.15, 0.2) is 0 Å². The lowest BCUT2D eigenvalue weighted by Gasteiger charge is -2.31. The van der Waals surface area contributed by atoms with Crippen molar-refractivity contribution in [1.82, 2.24) is 0 Å². The number of hydrogen-bond acceptors (Lipinski definition) is 3. The van der Waals surface area contributed by atoms with E-state index in [4.69, 9.17) is 4.74 Å². The van der Waals surface area contributed by atoms with E-state index in [1.807, 2.05) is 18.7 Å². The van der Waals surface area contributed by atoms with Crippen molar-refractivity contribution in [3.05, 3.63) is 0 Å². The number of rotatable bonds is 4. The molecule has 0 unspecified atom stereocenters. The molecule has 0 bridgehead atoms. The normalized spacial score (nSPS) is 12.7. The molecule has 84 valence electrons. The number of hydrogen-bond donors (Lipinski definition) is 0. The fraction of sp³-hybridized carbons (Fsp3) is 0.909. The van der Waals surface area contributed by atoms with E-state index in [2.05, 4.69) is 34.6 Å². The van der Waals surface area contributed by atoms with Crippen LogP contribution in [0.1, 0.15) is 48.0 Å². The van der Waals surface area contributed by atoms with E-state index in [0.29, 0.717) is 13.0 Å². The van der Waals surface area contributed by atoms with E-state index in [1.165, 1.54) is 0 Å². The van der Waals surface area contributed by atoms with Crippen LogP contribution >= 0.6 is 11.8 Å². The molecule has 0 aliphatic rings. The van der Waals surface area contributed by atoms with Crippen molar-refractivity contribution < 1.29 is 9.53 Å². The summed E-state index contributed by atoms with van der Waals surface area (Å²) in [4.78, 5) is 11.3. The van der Waals surface area contributed by atoms with E-state index in [9.17, 15) is 4.79 Å². The van der Waals surface area contributed by atoms with Crippen molar-refractivity contribution in [2.75, 3.05) is 6.61 Å². The molecule has 0 fully saturated rings. The molecular formula is C11H22O2S. The maximum absolute atomic E-state index is 11.3. The zero-order valence-electron chi connectivity index (χ0n) is 10.1. The van der Waals surface area contributed by atoms with Crippen LogP contribution in [0, 0.1) is 0 Å². The van der Waals surface area contributed by atoms with Crippen LogP contribution in [0.2, 0.25) is 0 Å². The fourth-order valence-electron chi connectivity index (χ4n) is 1.42. The van der Waals surface area contributed by atoms with Crippen molar-refractivity contribution >= 4 is 17.7 Å². The third kappa shape index (κ3) is 7.25. The first-order valence-electron chi connectivity index (χ1n) is 5.02. The Morgan fingerprint density at radius 3 is 2.07 bits per heavy atom. The van der Waals surface area contributed by atoms with Crippen LogP contribution in [0.25, 0.3) is 0 Å². The van der Waals surface area contributed by atoms with Crippen molar-refractivity contribution in [2.45, 2.75) is 57.5 Å². The lowest BCUT2D eigenvalue weighted by atomic mass is 10.1. The van der Waals surface area contributed by atoms with Gasteiger partial charge in [-0.25, -0.2) is 0 Å².